The van der Waals surface area contributed by atoms with Crippen molar-refractivity contribution in [2.24, 2.45) is 0 Å². The van der Waals surface area contributed by atoms with Crippen LogP contribution < -0.4 is 0 Å². The molecule has 1 atom stereocenters. The molecule has 92 valence electrons. The Morgan fingerprint density at radius 3 is 2.76 bits per heavy atom. The molecule has 0 aliphatic heterocycles. The number of nitrogens with zero attached hydrogens (tertiary/aromatic N) is 3. The van der Waals surface area contributed by atoms with Gasteiger partial charge in [-0.3, -0.25) is 0 Å². The molecule has 0 aliphatic rings. The SMILES string of the molecule is CCC(CN(C)C)n1cnc2ccc(C)cc21. The van der Waals surface area contributed by atoms with Gasteiger partial charge in [-0.15, -0.1) is 0 Å². The van der Waals surface area contributed by atoms with Crippen LogP contribution >= 0.6 is 0 Å². The van der Waals surface area contributed by atoms with Gasteiger partial charge in [-0.1, -0.05) is 13.0 Å². The fourth-order valence-electron chi connectivity index (χ4n) is 2.26. The summed E-state index contributed by atoms with van der Waals surface area (Å²) in [6.45, 7) is 5.41. The lowest BCUT2D eigenvalue weighted by Gasteiger charge is -2.21. The number of aryl methyl sites for hydroxylation is 1. The average Bonchev–Trinajstić information content (AvgIpc) is 2.68. The summed E-state index contributed by atoms with van der Waals surface area (Å²) in [6, 6.07) is 6.94. The van der Waals surface area contributed by atoms with Crippen molar-refractivity contribution in [1.29, 1.82) is 0 Å². The number of aromatic nitrogens is 2. The van der Waals surface area contributed by atoms with E-state index in [0.717, 1.165) is 18.5 Å². The zero-order valence-electron chi connectivity index (χ0n) is 11.1. The molecule has 1 unspecified atom stereocenters. The molecule has 0 fully saturated rings. The molecule has 1 heterocycles. The number of hydrogen-bond acceptors (Lipinski definition) is 2. The first-order valence-corrected chi connectivity index (χ1v) is 6.19. The van der Waals surface area contributed by atoms with E-state index >= 15 is 0 Å². The Bertz CT molecular complexity index is 499. The molecule has 1 aromatic carbocycles. The van der Waals surface area contributed by atoms with Gasteiger partial charge in [0.15, 0.2) is 0 Å². The molecule has 0 spiro atoms. The Morgan fingerprint density at radius 2 is 2.12 bits per heavy atom. The van der Waals surface area contributed by atoms with Crippen LogP contribution in [0.3, 0.4) is 0 Å². The second-order valence-electron chi connectivity index (χ2n) is 4.97. The Balaban J connectivity index is 2.42. The van der Waals surface area contributed by atoms with E-state index in [0.29, 0.717) is 6.04 Å². The van der Waals surface area contributed by atoms with Crippen molar-refractivity contribution in [3.8, 4) is 0 Å². The zero-order chi connectivity index (χ0) is 12.4. The molecule has 0 amide bonds. The summed E-state index contributed by atoms with van der Waals surface area (Å²) in [4.78, 5) is 6.71. The van der Waals surface area contributed by atoms with Crippen molar-refractivity contribution in [3.63, 3.8) is 0 Å². The van der Waals surface area contributed by atoms with E-state index < -0.39 is 0 Å². The minimum absolute atomic E-state index is 0.497. The number of hydrogen-bond donors (Lipinski definition) is 0. The first-order chi connectivity index (χ1) is 8.11. The number of fused-ring (bicyclic) bond motifs is 1. The molecule has 2 rings (SSSR count). The Hall–Kier alpha value is -1.35. The van der Waals surface area contributed by atoms with Crippen LogP contribution in [0.1, 0.15) is 24.9 Å². The van der Waals surface area contributed by atoms with Crippen molar-refractivity contribution >= 4 is 11.0 Å². The normalized spacial score (nSPS) is 13.5. The van der Waals surface area contributed by atoms with Gasteiger partial charge in [0.1, 0.15) is 0 Å². The fourth-order valence-corrected chi connectivity index (χ4v) is 2.26. The molecule has 1 aromatic heterocycles. The van der Waals surface area contributed by atoms with E-state index in [1.54, 1.807) is 0 Å². The molecule has 0 bridgehead atoms. The van der Waals surface area contributed by atoms with Crippen LogP contribution in [0.4, 0.5) is 0 Å². The largest absolute Gasteiger partial charge is 0.326 e. The predicted molar refractivity (Wildman–Crippen MR) is 72.4 cm³/mol. The van der Waals surface area contributed by atoms with Gasteiger partial charge in [0.05, 0.1) is 17.4 Å². The molecule has 0 saturated heterocycles. The molecule has 0 N–H and O–H groups in total. The van der Waals surface area contributed by atoms with Gasteiger partial charge >= 0.3 is 0 Å². The first kappa shape index (κ1) is 12.1. The standard InChI is InChI=1S/C14H21N3/c1-5-12(9-16(3)4)17-10-15-13-7-6-11(2)8-14(13)17/h6-8,10,12H,5,9H2,1-4H3. The van der Waals surface area contributed by atoms with Gasteiger partial charge in [0, 0.05) is 12.6 Å². The second kappa shape index (κ2) is 4.88. The highest BCUT2D eigenvalue weighted by atomic mass is 15.1. The molecule has 2 aromatic rings. The van der Waals surface area contributed by atoms with Crippen molar-refractivity contribution in [1.82, 2.24) is 14.5 Å². The third kappa shape index (κ3) is 2.50. The fraction of sp³-hybridized carbons (Fsp3) is 0.500. The van der Waals surface area contributed by atoms with E-state index in [-0.39, 0.29) is 0 Å². The number of benzene rings is 1. The third-order valence-corrected chi connectivity index (χ3v) is 3.17. The molecule has 17 heavy (non-hydrogen) atoms. The summed E-state index contributed by atoms with van der Waals surface area (Å²) in [5.41, 5.74) is 3.63. The minimum atomic E-state index is 0.497. The Morgan fingerprint density at radius 1 is 1.35 bits per heavy atom. The van der Waals surface area contributed by atoms with Crippen LogP contribution in [0.15, 0.2) is 24.5 Å². The summed E-state index contributed by atoms with van der Waals surface area (Å²) in [7, 11) is 4.24. The van der Waals surface area contributed by atoms with Crippen molar-refractivity contribution in [2.75, 3.05) is 20.6 Å². The highest BCUT2D eigenvalue weighted by molar-refractivity contribution is 5.76. The van der Waals surface area contributed by atoms with E-state index in [9.17, 15) is 0 Å². The maximum Gasteiger partial charge on any atom is 0.0961 e. The van der Waals surface area contributed by atoms with Crippen LogP contribution in [0.5, 0.6) is 0 Å². The lowest BCUT2D eigenvalue weighted by Crippen LogP contribution is -2.23. The smallest absolute Gasteiger partial charge is 0.0961 e. The zero-order valence-corrected chi connectivity index (χ0v) is 11.1. The molecular formula is C14H21N3. The van der Waals surface area contributed by atoms with Crippen LogP contribution in [-0.2, 0) is 0 Å². The monoisotopic (exact) mass is 231 g/mol. The summed E-state index contributed by atoms with van der Waals surface area (Å²) >= 11 is 0. The summed E-state index contributed by atoms with van der Waals surface area (Å²) in [5.74, 6) is 0. The molecule has 0 saturated carbocycles. The predicted octanol–water partition coefficient (Wildman–Crippen LogP) is 2.86. The number of likely N-dealkylation sites (N-methyl/N-ethyl adjacent to an activating group) is 1. The maximum atomic E-state index is 4.48. The average molecular weight is 231 g/mol. The third-order valence-electron chi connectivity index (χ3n) is 3.17. The number of rotatable bonds is 4. The maximum absolute atomic E-state index is 4.48. The number of imidazole rings is 1. The van der Waals surface area contributed by atoms with Crippen molar-refractivity contribution < 1.29 is 0 Å². The van der Waals surface area contributed by atoms with Gasteiger partial charge in [0.25, 0.3) is 0 Å². The summed E-state index contributed by atoms with van der Waals surface area (Å²) in [6.07, 6.45) is 3.10. The molecule has 0 aliphatic carbocycles. The van der Waals surface area contributed by atoms with Crippen LogP contribution in [-0.4, -0.2) is 35.1 Å². The first-order valence-electron chi connectivity index (χ1n) is 6.19. The second-order valence-corrected chi connectivity index (χ2v) is 4.97. The van der Waals surface area contributed by atoms with Gasteiger partial charge in [-0.25, -0.2) is 4.98 Å². The van der Waals surface area contributed by atoms with Crippen LogP contribution in [0.25, 0.3) is 11.0 Å². The van der Waals surface area contributed by atoms with Crippen LogP contribution in [0.2, 0.25) is 0 Å². The van der Waals surface area contributed by atoms with Gasteiger partial charge in [0.2, 0.25) is 0 Å². The van der Waals surface area contributed by atoms with E-state index in [1.165, 1.54) is 11.1 Å². The van der Waals surface area contributed by atoms with E-state index in [4.69, 9.17) is 0 Å². The minimum Gasteiger partial charge on any atom is -0.326 e. The van der Waals surface area contributed by atoms with Crippen molar-refractivity contribution in [3.05, 3.63) is 30.1 Å². The lowest BCUT2D eigenvalue weighted by atomic mass is 10.2. The molecule has 3 nitrogen and oxygen atoms in total. The highest BCUT2D eigenvalue weighted by Gasteiger charge is 2.13. The Labute approximate surface area is 103 Å². The topological polar surface area (TPSA) is 21.1 Å². The van der Waals surface area contributed by atoms with Gasteiger partial charge in [-0.05, 0) is 45.1 Å². The van der Waals surface area contributed by atoms with Crippen molar-refractivity contribution in [2.45, 2.75) is 26.3 Å². The molecule has 3 heteroatoms. The van der Waals surface area contributed by atoms with Gasteiger partial charge in [-0.2, -0.15) is 0 Å². The highest BCUT2D eigenvalue weighted by Crippen LogP contribution is 2.21. The quantitative estimate of drug-likeness (QED) is 0.806. The van der Waals surface area contributed by atoms with Crippen LogP contribution in [0, 0.1) is 6.92 Å². The lowest BCUT2D eigenvalue weighted by molar-refractivity contribution is 0.320. The summed E-state index contributed by atoms with van der Waals surface area (Å²) < 4.78 is 2.31. The Kier molecular flexibility index (Phi) is 3.48. The van der Waals surface area contributed by atoms with E-state index in [1.807, 2.05) is 6.33 Å². The molecular weight excluding hydrogens is 210 g/mol. The summed E-state index contributed by atoms with van der Waals surface area (Å²) in [5, 5.41) is 0. The van der Waals surface area contributed by atoms with Gasteiger partial charge < -0.3 is 9.47 Å². The van der Waals surface area contributed by atoms with E-state index in [2.05, 4.69) is 60.6 Å². The molecule has 0 radical (unpaired) electrons.